The lowest BCUT2D eigenvalue weighted by Gasteiger charge is -2.14. The molecule has 0 spiro atoms. The monoisotopic (exact) mass is 532 g/mol. The Bertz CT molecular complexity index is 1140. The molecule has 0 fully saturated rings. The van der Waals surface area contributed by atoms with Crippen LogP contribution in [0.5, 0.6) is 0 Å². The lowest BCUT2D eigenvalue weighted by Crippen LogP contribution is -2.36. The van der Waals surface area contributed by atoms with E-state index in [1.54, 1.807) is 7.05 Å². The van der Waals surface area contributed by atoms with Gasteiger partial charge in [0.05, 0.1) is 6.54 Å². The van der Waals surface area contributed by atoms with Crippen LogP contribution < -0.4 is 10.6 Å². The van der Waals surface area contributed by atoms with E-state index in [0.29, 0.717) is 19.0 Å². The zero-order chi connectivity index (χ0) is 20.1. The molecule has 4 rings (SSSR count). The lowest BCUT2D eigenvalue weighted by molar-refractivity contribution is 0.763. The fourth-order valence-electron chi connectivity index (χ4n) is 3.16. The minimum absolute atomic E-state index is 0. The maximum atomic E-state index is 6.03. The fraction of sp³-hybridized carbons (Fsp3) is 0.136. The number of fused-ring (bicyclic) bond motifs is 1. The van der Waals surface area contributed by atoms with E-state index in [-0.39, 0.29) is 24.0 Å². The van der Waals surface area contributed by atoms with E-state index < -0.39 is 0 Å². The summed E-state index contributed by atoms with van der Waals surface area (Å²) in [6.07, 6.45) is 1.95. The molecule has 0 aliphatic carbocycles. The first-order valence-corrected chi connectivity index (χ1v) is 9.69. The molecule has 0 unspecified atom stereocenters. The summed E-state index contributed by atoms with van der Waals surface area (Å²) in [5, 5.41) is 15.8. The van der Waals surface area contributed by atoms with E-state index in [9.17, 15) is 0 Å². The van der Waals surface area contributed by atoms with Crippen LogP contribution in [0.25, 0.3) is 16.8 Å². The standard InChI is InChI=1S/C22H21ClN6.HI/c1-24-22(26-15-21-28-27-20-8-4-5-13-29(20)21)25-14-17-6-2-3-7-19(17)16-9-11-18(23)12-10-16;/h2-13H,14-15H2,1H3,(H2,24,25,26);1H. The summed E-state index contributed by atoms with van der Waals surface area (Å²) >= 11 is 6.03. The van der Waals surface area contributed by atoms with Gasteiger partial charge in [-0.1, -0.05) is 54.1 Å². The average molecular weight is 533 g/mol. The normalized spacial score (nSPS) is 11.2. The predicted molar refractivity (Wildman–Crippen MR) is 132 cm³/mol. The van der Waals surface area contributed by atoms with Crippen molar-refractivity contribution < 1.29 is 0 Å². The van der Waals surface area contributed by atoms with Gasteiger partial charge in [-0.05, 0) is 41.0 Å². The zero-order valence-corrected chi connectivity index (χ0v) is 19.5. The molecule has 0 aliphatic heterocycles. The van der Waals surface area contributed by atoms with E-state index in [1.165, 1.54) is 5.56 Å². The lowest BCUT2D eigenvalue weighted by atomic mass is 10.00. The third-order valence-electron chi connectivity index (χ3n) is 4.64. The van der Waals surface area contributed by atoms with Gasteiger partial charge in [0.1, 0.15) is 0 Å². The first-order valence-electron chi connectivity index (χ1n) is 9.31. The Morgan fingerprint density at radius 3 is 2.47 bits per heavy atom. The van der Waals surface area contributed by atoms with E-state index in [4.69, 9.17) is 11.6 Å². The molecule has 0 saturated carbocycles. The van der Waals surface area contributed by atoms with Gasteiger partial charge >= 0.3 is 0 Å². The summed E-state index contributed by atoms with van der Waals surface area (Å²) in [5.41, 5.74) is 4.29. The summed E-state index contributed by atoms with van der Waals surface area (Å²) in [4.78, 5) is 4.32. The third-order valence-corrected chi connectivity index (χ3v) is 4.89. The van der Waals surface area contributed by atoms with Crippen LogP contribution in [0.15, 0.2) is 77.9 Å². The van der Waals surface area contributed by atoms with Crippen molar-refractivity contribution in [2.75, 3.05) is 7.05 Å². The summed E-state index contributed by atoms with van der Waals surface area (Å²) in [7, 11) is 1.75. The van der Waals surface area contributed by atoms with Crippen LogP contribution in [-0.4, -0.2) is 27.6 Å². The van der Waals surface area contributed by atoms with Crippen molar-refractivity contribution in [2.24, 2.45) is 4.99 Å². The van der Waals surface area contributed by atoms with Crippen molar-refractivity contribution in [3.05, 3.63) is 89.3 Å². The number of guanidine groups is 1. The van der Waals surface area contributed by atoms with E-state index >= 15 is 0 Å². The first kappa shape index (κ1) is 22.0. The number of nitrogens with one attached hydrogen (secondary N) is 2. The Morgan fingerprint density at radius 2 is 1.67 bits per heavy atom. The van der Waals surface area contributed by atoms with Crippen molar-refractivity contribution >= 4 is 47.2 Å². The van der Waals surface area contributed by atoms with Crippen LogP contribution in [0.1, 0.15) is 11.4 Å². The number of halogens is 2. The van der Waals surface area contributed by atoms with Gasteiger partial charge in [0.2, 0.25) is 0 Å². The molecule has 154 valence electrons. The number of aliphatic imine (C=N–C) groups is 1. The van der Waals surface area contributed by atoms with Gasteiger partial charge in [0, 0.05) is 24.8 Å². The smallest absolute Gasteiger partial charge is 0.191 e. The molecule has 2 heterocycles. The molecule has 0 atom stereocenters. The molecule has 0 aliphatic rings. The van der Waals surface area contributed by atoms with Crippen LogP contribution in [0.4, 0.5) is 0 Å². The Morgan fingerprint density at radius 1 is 0.933 bits per heavy atom. The molecule has 0 bridgehead atoms. The third kappa shape index (κ3) is 5.09. The second-order valence-corrected chi connectivity index (χ2v) is 6.92. The van der Waals surface area contributed by atoms with Crippen LogP contribution in [-0.2, 0) is 13.1 Å². The molecule has 4 aromatic rings. The molecule has 30 heavy (non-hydrogen) atoms. The minimum atomic E-state index is 0. The summed E-state index contributed by atoms with van der Waals surface area (Å²) in [5.74, 6) is 1.52. The maximum absolute atomic E-state index is 6.03. The van der Waals surface area contributed by atoms with E-state index in [1.807, 2.05) is 65.2 Å². The molecule has 2 aromatic heterocycles. The Labute approximate surface area is 197 Å². The number of hydrogen-bond acceptors (Lipinski definition) is 3. The summed E-state index contributed by atoms with van der Waals surface area (Å²) < 4.78 is 1.95. The largest absolute Gasteiger partial charge is 0.352 e. The quantitative estimate of drug-likeness (QED) is 0.225. The molecule has 0 amide bonds. The first-order chi connectivity index (χ1) is 14.2. The van der Waals surface area contributed by atoms with Gasteiger partial charge in [0.15, 0.2) is 17.4 Å². The van der Waals surface area contributed by atoms with Crippen molar-refractivity contribution in [2.45, 2.75) is 13.1 Å². The van der Waals surface area contributed by atoms with Gasteiger partial charge < -0.3 is 10.6 Å². The molecular weight excluding hydrogens is 511 g/mol. The number of rotatable bonds is 5. The highest BCUT2D eigenvalue weighted by Gasteiger charge is 2.08. The summed E-state index contributed by atoms with van der Waals surface area (Å²) in [6, 6.07) is 22.0. The van der Waals surface area contributed by atoms with Gasteiger partial charge in [-0.25, -0.2) is 0 Å². The molecule has 2 N–H and O–H groups in total. The zero-order valence-electron chi connectivity index (χ0n) is 16.4. The molecule has 6 nitrogen and oxygen atoms in total. The van der Waals surface area contributed by atoms with Gasteiger partial charge in [-0.15, -0.1) is 34.2 Å². The van der Waals surface area contributed by atoms with Gasteiger partial charge in [-0.3, -0.25) is 9.39 Å². The maximum Gasteiger partial charge on any atom is 0.191 e. The van der Waals surface area contributed by atoms with Crippen LogP contribution >= 0.6 is 35.6 Å². The van der Waals surface area contributed by atoms with Crippen molar-refractivity contribution in [1.29, 1.82) is 0 Å². The van der Waals surface area contributed by atoms with Gasteiger partial charge in [-0.2, -0.15) is 0 Å². The van der Waals surface area contributed by atoms with Crippen molar-refractivity contribution in [3.63, 3.8) is 0 Å². The highest BCUT2D eigenvalue weighted by atomic mass is 127. The average Bonchev–Trinajstić information content (AvgIpc) is 3.18. The number of pyridine rings is 1. The predicted octanol–water partition coefficient (Wildman–Crippen LogP) is 4.53. The van der Waals surface area contributed by atoms with Crippen LogP contribution in [0.2, 0.25) is 5.02 Å². The molecular formula is C22H22ClIN6. The second-order valence-electron chi connectivity index (χ2n) is 6.49. The fourth-order valence-corrected chi connectivity index (χ4v) is 3.29. The Kier molecular flexibility index (Phi) is 7.64. The van der Waals surface area contributed by atoms with Crippen molar-refractivity contribution in [3.8, 4) is 11.1 Å². The van der Waals surface area contributed by atoms with Gasteiger partial charge in [0.25, 0.3) is 0 Å². The minimum Gasteiger partial charge on any atom is -0.352 e. The number of nitrogens with zero attached hydrogens (tertiary/aromatic N) is 4. The van der Waals surface area contributed by atoms with Crippen molar-refractivity contribution in [1.82, 2.24) is 25.2 Å². The Hall–Kier alpha value is -2.65. The highest BCUT2D eigenvalue weighted by molar-refractivity contribution is 14.0. The van der Waals surface area contributed by atoms with E-state index in [0.717, 1.165) is 27.6 Å². The topological polar surface area (TPSA) is 66.6 Å². The number of benzene rings is 2. The number of hydrogen-bond donors (Lipinski definition) is 2. The summed E-state index contributed by atoms with van der Waals surface area (Å²) in [6.45, 7) is 1.16. The number of aromatic nitrogens is 3. The van der Waals surface area contributed by atoms with Crippen LogP contribution in [0, 0.1) is 0 Å². The second kappa shape index (κ2) is 10.4. The molecule has 2 aromatic carbocycles. The molecule has 0 saturated heterocycles. The van der Waals surface area contributed by atoms with Crippen LogP contribution in [0.3, 0.4) is 0 Å². The molecule has 8 heteroatoms. The Balaban J connectivity index is 0.00000256. The molecule has 0 radical (unpaired) electrons. The SMILES string of the molecule is CN=C(NCc1ccccc1-c1ccc(Cl)cc1)NCc1nnc2ccccn12.I. The highest BCUT2D eigenvalue weighted by Crippen LogP contribution is 2.25. The van der Waals surface area contributed by atoms with E-state index in [2.05, 4.69) is 38.0 Å².